The normalized spacial score (nSPS) is 13.2. The molecular weight excluding hydrogens is 709 g/mol. The summed E-state index contributed by atoms with van der Waals surface area (Å²) in [6.45, 7) is 0. The molecule has 0 atom stereocenters. The van der Waals surface area contributed by atoms with E-state index in [1.165, 1.54) is 121 Å². The van der Waals surface area contributed by atoms with Crippen molar-refractivity contribution in [3.8, 4) is 55.6 Å². The van der Waals surface area contributed by atoms with E-state index >= 15 is 0 Å². The van der Waals surface area contributed by atoms with E-state index in [2.05, 4.69) is 218 Å². The Morgan fingerprint density at radius 2 is 0.661 bits per heavy atom. The van der Waals surface area contributed by atoms with Crippen molar-refractivity contribution in [3.05, 3.63) is 241 Å². The highest BCUT2D eigenvalue weighted by molar-refractivity contribution is 6.23. The Balaban J connectivity index is 1.09. The van der Waals surface area contributed by atoms with Crippen LogP contribution >= 0.6 is 0 Å². The zero-order valence-corrected chi connectivity index (χ0v) is 32.3. The van der Waals surface area contributed by atoms with Crippen LogP contribution in [-0.4, -0.2) is 0 Å². The molecular formula is C59H36. The highest BCUT2D eigenvalue weighted by Gasteiger charge is 2.51. The van der Waals surface area contributed by atoms with Crippen molar-refractivity contribution >= 4 is 43.1 Å². The summed E-state index contributed by atoms with van der Waals surface area (Å²) in [5.74, 6) is 0. The molecule has 0 saturated heterocycles. The molecule has 11 aromatic rings. The molecule has 2 aliphatic rings. The van der Waals surface area contributed by atoms with E-state index in [1.54, 1.807) is 0 Å². The molecule has 11 aromatic carbocycles. The first-order chi connectivity index (χ1) is 29.3. The maximum atomic E-state index is 2.53. The molecule has 0 amide bonds. The minimum atomic E-state index is -0.417. The fourth-order valence-electron chi connectivity index (χ4n) is 11.0. The smallest absolute Gasteiger partial charge is 0.0622 e. The standard InChI is InChI=1S/C59H36/c1-2-16-37(17-3-1)43-20-6-7-23-46(43)58-49-26-10-8-24-47(49)57(48-25-9-11-27-50(48)58)41-31-30-40-34-52-51-33-38-18-4-5-19-39(38)35-55(51)59(56(52)36-42(40)32-41)53-28-14-12-21-44(53)45-22-13-15-29-54(45)59/h1-36H. The lowest BCUT2D eigenvalue weighted by molar-refractivity contribution is 0.796. The van der Waals surface area contributed by atoms with Gasteiger partial charge in [0.25, 0.3) is 0 Å². The summed E-state index contributed by atoms with van der Waals surface area (Å²) in [4.78, 5) is 0. The third-order valence-corrected chi connectivity index (χ3v) is 13.4. The number of fused-ring (bicyclic) bond motifs is 14. The molecule has 0 fully saturated rings. The molecule has 1 spiro atoms. The van der Waals surface area contributed by atoms with Crippen molar-refractivity contribution < 1.29 is 0 Å². The molecule has 0 aromatic heterocycles. The molecule has 272 valence electrons. The van der Waals surface area contributed by atoms with Gasteiger partial charge in [-0.2, -0.15) is 0 Å². The number of rotatable bonds is 3. The largest absolute Gasteiger partial charge is 0.0725 e. The lowest BCUT2D eigenvalue weighted by atomic mass is 9.70. The van der Waals surface area contributed by atoms with Crippen LogP contribution in [0, 0.1) is 0 Å². The molecule has 0 nitrogen and oxygen atoms in total. The second-order valence-corrected chi connectivity index (χ2v) is 16.3. The van der Waals surface area contributed by atoms with Gasteiger partial charge in [-0.15, -0.1) is 0 Å². The van der Waals surface area contributed by atoms with E-state index in [4.69, 9.17) is 0 Å². The summed E-state index contributed by atoms with van der Waals surface area (Å²) in [6, 6.07) is 81.9. The molecule has 0 bridgehead atoms. The van der Waals surface area contributed by atoms with E-state index in [9.17, 15) is 0 Å². The Hall–Kier alpha value is -7.54. The summed E-state index contributed by atoms with van der Waals surface area (Å²) in [7, 11) is 0. The summed E-state index contributed by atoms with van der Waals surface area (Å²) in [5, 5.41) is 10.1. The monoisotopic (exact) mass is 744 g/mol. The minimum Gasteiger partial charge on any atom is -0.0622 e. The SMILES string of the molecule is c1ccc(-c2ccccc2-c2c3ccccc3c(-c3ccc4cc5c(cc4c3)C3(c4ccccc4-c4ccccc43)c3cc4ccccc4cc3-5)c3ccccc23)cc1. The van der Waals surface area contributed by atoms with E-state index < -0.39 is 5.41 Å². The van der Waals surface area contributed by atoms with Gasteiger partial charge in [0.2, 0.25) is 0 Å². The predicted octanol–water partition coefficient (Wildman–Crippen LogP) is 15.6. The minimum absolute atomic E-state index is 0.417. The summed E-state index contributed by atoms with van der Waals surface area (Å²) in [6.07, 6.45) is 0. The third kappa shape index (κ3) is 4.43. The van der Waals surface area contributed by atoms with Crippen molar-refractivity contribution in [2.75, 3.05) is 0 Å². The van der Waals surface area contributed by atoms with Crippen LogP contribution in [0.25, 0.3) is 98.7 Å². The molecule has 0 heterocycles. The maximum absolute atomic E-state index is 2.53. The molecule has 0 radical (unpaired) electrons. The van der Waals surface area contributed by atoms with Crippen LogP contribution < -0.4 is 0 Å². The van der Waals surface area contributed by atoms with Crippen molar-refractivity contribution in [2.24, 2.45) is 0 Å². The van der Waals surface area contributed by atoms with Crippen LogP contribution in [0.4, 0.5) is 0 Å². The van der Waals surface area contributed by atoms with Crippen LogP contribution in [0.15, 0.2) is 218 Å². The Morgan fingerprint density at radius 1 is 0.220 bits per heavy atom. The zero-order valence-electron chi connectivity index (χ0n) is 32.3. The molecule has 0 aliphatic heterocycles. The first kappa shape index (κ1) is 32.5. The van der Waals surface area contributed by atoms with Crippen LogP contribution in [-0.2, 0) is 5.41 Å². The van der Waals surface area contributed by atoms with E-state index in [1.807, 2.05) is 0 Å². The van der Waals surface area contributed by atoms with Gasteiger partial charge >= 0.3 is 0 Å². The van der Waals surface area contributed by atoms with Crippen LogP contribution in [0.5, 0.6) is 0 Å². The van der Waals surface area contributed by atoms with Gasteiger partial charge in [-0.3, -0.25) is 0 Å². The van der Waals surface area contributed by atoms with Gasteiger partial charge in [0.1, 0.15) is 0 Å². The summed E-state index contributed by atoms with van der Waals surface area (Å²) < 4.78 is 0. The third-order valence-electron chi connectivity index (χ3n) is 13.4. The van der Waals surface area contributed by atoms with E-state index in [0.29, 0.717) is 0 Å². The Bertz CT molecular complexity index is 3450. The average Bonchev–Trinajstić information content (AvgIpc) is 3.75. The second-order valence-electron chi connectivity index (χ2n) is 16.3. The van der Waals surface area contributed by atoms with Gasteiger partial charge < -0.3 is 0 Å². The molecule has 13 rings (SSSR count). The van der Waals surface area contributed by atoms with Crippen LogP contribution in [0.2, 0.25) is 0 Å². The van der Waals surface area contributed by atoms with Crippen LogP contribution in [0.1, 0.15) is 22.3 Å². The fraction of sp³-hybridized carbons (Fsp3) is 0.0169. The second kappa shape index (κ2) is 12.2. The molecule has 2 aliphatic carbocycles. The van der Waals surface area contributed by atoms with E-state index in [-0.39, 0.29) is 0 Å². The van der Waals surface area contributed by atoms with Gasteiger partial charge in [0.05, 0.1) is 5.41 Å². The Labute approximate surface area is 343 Å². The number of hydrogen-bond donors (Lipinski definition) is 0. The van der Waals surface area contributed by atoms with Crippen LogP contribution in [0.3, 0.4) is 0 Å². The topological polar surface area (TPSA) is 0 Å². The molecule has 0 saturated carbocycles. The fourth-order valence-corrected chi connectivity index (χ4v) is 11.0. The van der Waals surface area contributed by atoms with Crippen molar-refractivity contribution in [1.29, 1.82) is 0 Å². The first-order valence-corrected chi connectivity index (χ1v) is 20.7. The van der Waals surface area contributed by atoms with Gasteiger partial charge in [-0.05, 0) is 151 Å². The van der Waals surface area contributed by atoms with Gasteiger partial charge in [-0.25, -0.2) is 0 Å². The van der Waals surface area contributed by atoms with Gasteiger partial charge in [0.15, 0.2) is 0 Å². The lowest BCUT2D eigenvalue weighted by Gasteiger charge is -2.30. The highest BCUT2D eigenvalue weighted by atomic mass is 14.5. The summed E-state index contributed by atoms with van der Waals surface area (Å²) in [5.41, 5.74) is 17.9. The van der Waals surface area contributed by atoms with Crippen molar-refractivity contribution in [3.63, 3.8) is 0 Å². The van der Waals surface area contributed by atoms with Crippen molar-refractivity contribution in [1.82, 2.24) is 0 Å². The number of benzene rings is 11. The van der Waals surface area contributed by atoms with Gasteiger partial charge in [-0.1, -0.05) is 188 Å². The highest BCUT2D eigenvalue weighted by Crippen LogP contribution is 2.63. The van der Waals surface area contributed by atoms with E-state index in [0.717, 1.165) is 0 Å². The Kier molecular flexibility index (Phi) is 6.74. The lowest BCUT2D eigenvalue weighted by Crippen LogP contribution is -2.25. The summed E-state index contributed by atoms with van der Waals surface area (Å²) >= 11 is 0. The van der Waals surface area contributed by atoms with Crippen molar-refractivity contribution in [2.45, 2.75) is 5.41 Å². The molecule has 59 heavy (non-hydrogen) atoms. The quantitative estimate of drug-likeness (QED) is 0.158. The first-order valence-electron chi connectivity index (χ1n) is 20.7. The molecule has 0 N–H and O–H groups in total. The average molecular weight is 745 g/mol. The number of hydrogen-bond acceptors (Lipinski definition) is 0. The van der Waals surface area contributed by atoms with Gasteiger partial charge in [0, 0.05) is 0 Å². The predicted molar refractivity (Wildman–Crippen MR) is 249 cm³/mol. The maximum Gasteiger partial charge on any atom is 0.0725 e. The Morgan fingerprint density at radius 3 is 1.27 bits per heavy atom. The molecule has 0 heteroatoms. The zero-order chi connectivity index (χ0) is 38.7. The molecule has 0 unspecified atom stereocenters.